The Morgan fingerprint density at radius 1 is 1.47 bits per heavy atom. The number of nitrogens with one attached hydrogen (secondary N) is 1. The van der Waals surface area contributed by atoms with Crippen molar-refractivity contribution in [3.05, 3.63) is 24.2 Å². The zero-order valence-corrected chi connectivity index (χ0v) is 11.6. The lowest BCUT2D eigenvalue weighted by Gasteiger charge is -2.15. The Hall–Kier alpha value is -1.83. The Bertz CT molecular complexity index is 602. The Balaban J connectivity index is 2.36. The van der Waals surface area contributed by atoms with Crippen LogP contribution in [0.15, 0.2) is 32.4 Å². The number of rotatable bonds is 3. The molecule has 7 nitrogen and oxygen atoms in total. The number of nitrogens with zero attached hydrogens (tertiary/aromatic N) is 2. The van der Waals surface area contributed by atoms with Gasteiger partial charge in [-0.1, -0.05) is 13.8 Å². The summed E-state index contributed by atoms with van der Waals surface area (Å²) in [6, 6.07) is 1.55. The van der Waals surface area contributed by atoms with Gasteiger partial charge in [0.15, 0.2) is 0 Å². The van der Waals surface area contributed by atoms with Crippen LogP contribution >= 0.6 is 0 Å². The Morgan fingerprint density at radius 3 is 2.74 bits per heavy atom. The van der Waals surface area contributed by atoms with Gasteiger partial charge in [-0.2, -0.15) is 8.42 Å². The van der Waals surface area contributed by atoms with E-state index in [2.05, 4.69) is 14.1 Å². The quantitative estimate of drug-likeness (QED) is 0.905. The molecule has 1 aromatic rings. The van der Waals surface area contributed by atoms with E-state index in [1.54, 1.807) is 18.6 Å². The topological polar surface area (TPSA) is 93.3 Å². The minimum Gasteiger partial charge on any atom is -0.478 e. The number of hydrogen-bond acceptors (Lipinski definition) is 5. The van der Waals surface area contributed by atoms with Crippen molar-refractivity contribution in [3.63, 3.8) is 0 Å². The summed E-state index contributed by atoms with van der Waals surface area (Å²) < 4.78 is 38.3. The third-order valence-corrected chi connectivity index (χ3v) is 3.47. The van der Waals surface area contributed by atoms with E-state index < -0.39 is 10.2 Å². The minimum absolute atomic E-state index is 0.0332. The number of ether oxygens (including phenoxy) is 1. The molecule has 1 aliphatic heterocycles. The molecule has 1 atom stereocenters. The van der Waals surface area contributed by atoms with Crippen LogP contribution in [0.25, 0.3) is 0 Å². The molecule has 0 fully saturated rings. The SMILES string of the molecule is COC1=NS(=O)(=O)NC1=N[C@@H](c1ccoc1)C(C)C. The van der Waals surface area contributed by atoms with Gasteiger partial charge in [-0.05, 0) is 12.0 Å². The number of amidine groups is 1. The van der Waals surface area contributed by atoms with Crippen molar-refractivity contribution in [2.45, 2.75) is 19.9 Å². The second-order valence-electron chi connectivity index (χ2n) is 4.40. The van der Waals surface area contributed by atoms with Crippen molar-refractivity contribution in [2.75, 3.05) is 7.11 Å². The molecule has 1 aliphatic rings. The van der Waals surface area contributed by atoms with Crippen LogP contribution in [0, 0.1) is 5.92 Å². The fraction of sp³-hybridized carbons (Fsp3) is 0.455. The van der Waals surface area contributed by atoms with Crippen LogP contribution in [0.3, 0.4) is 0 Å². The van der Waals surface area contributed by atoms with Gasteiger partial charge in [0, 0.05) is 5.56 Å². The molecule has 0 aliphatic carbocycles. The molecule has 0 amide bonds. The number of aliphatic imine (C=N–C) groups is 1. The Labute approximate surface area is 111 Å². The first-order chi connectivity index (χ1) is 8.93. The molecule has 1 N–H and O–H groups in total. The summed E-state index contributed by atoms with van der Waals surface area (Å²) >= 11 is 0. The lowest BCUT2D eigenvalue weighted by molar-refractivity contribution is 0.411. The van der Waals surface area contributed by atoms with Crippen LogP contribution in [0.4, 0.5) is 0 Å². The fourth-order valence-corrected chi connectivity index (χ4v) is 2.56. The summed E-state index contributed by atoms with van der Waals surface area (Å²) in [5.74, 6) is 0.241. The molecule has 1 aromatic heterocycles. The average molecular weight is 285 g/mol. The van der Waals surface area contributed by atoms with Gasteiger partial charge in [0.05, 0.1) is 25.7 Å². The summed E-state index contributed by atoms with van der Waals surface area (Å²) in [5.41, 5.74) is 0.865. The van der Waals surface area contributed by atoms with Crippen LogP contribution in [-0.2, 0) is 14.9 Å². The zero-order chi connectivity index (χ0) is 14.0. The number of hydrogen-bond donors (Lipinski definition) is 1. The molecule has 0 aromatic carbocycles. The predicted molar refractivity (Wildman–Crippen MR) is 70.2 cm³/mol. The molecule has 0 radical (unpaired) electrons. The molecule has 0 bridgehead atoms. The first kappa shape index (κ1) is 13.6. The van der Waals surface area contributed by atoms with Gasteiger partial charge < -0.3 is 9.15 Å². The van der Waals surface area contributed by atoms with E-state index in [0.717, 1.165) is 5.56 Å². The van der Waals surface area contributed by atoms with Crippen molar-refractivity contribution >= 4 is 21.9 Å². The van der Waals surface area contributed by atoms with Crippen LogP contribution in [0.5, 0.6) is 0 Å². The molecule has 2 heterocycles. The van der Waals surface area contributed by atoms with Gasteiger partial charge in [-0.25, -0.2) is 4.72 Å². The summed E-state index contributed by atoms with van der Waals surface area (Å²) in [7, 11) is -2.39. The standard InChI is InChI=1S/C11H15N3O4S/c1-7(2)9(8-4-5-18-6-8)12-10-11(17-3)14-19(15,16)13-10/h4-7,9H,1-3H3,(H,12,13)/t9-/m1/s1. The molecule has 0 unspecified atom stereocenters. The molecule has 0 saturated carbocycles. The minimum atomic E-state index is -3.74. The second-order valence-corrected chi connectivity index (χ2v) is 5.74. The zero-order valence-electron chi connectivity index (χ0n) is 10.8. The van der Waals surface area contributed by atoms with E-state index >= 15 is 0 Å². The molecule has 0 spiro atoms. The highest BCUT2D eigenvalue weighted by molar-refractivity contribution is 7.89. The first-order valence-electron chi connectivity index (χ1n) is 5.70. The number of furan rings is 1. The van der Waals surface area contributed by atoms with Gasteiger partial charge in [-0.15, -0.1) is 4.40 Å². The summed E-state index contributed by atoms with van der Waals surface area (Å²) in [6.45, 7) is 3.96. The third kappa shape index (κ3) is 2.95. The van der Waals surface area contributed by atoms with E-state index in [0.29, 0.717) is 0 Å². The van der Waals surface area contributed by atoms with E-state index in [1.165, 1.54) is 7.11 Å². The Kier molecular flexibility index (Phi) is 3.61. The van der Waals surface area contributed by atoms with Crippen LogP contribution in [0.2, 0.25) is 0 Å². The molecule has 8 heteroatoms. The normalized spacial score (nSPS) is 21.3. The summed E-state index contributed by atoms with van der Waals surface area (Å²) in [5, 5.41) is 0. The highest BCUT2D eigenvalue weighted by atomic mass is 32.2. The summed E-state index contributed by atoms with van der Waals surface area (Å²) in [4.78, 5) is 4.38. The molecule has 2 rings (SSSR count). The lowest BCUT2D eigenvalue weighted by atomic mass is 9.99. The maximum Gasteiger partial charge on any atom is 0.347 e. The highest BCUT2D eigenvalue weighted by Gasteiger charge is 2.29. The van der Waals surface area contributed by atoms with Crippen LogP contribution < -0.4 is 4.72 Å². The molecule has 0 saturated heterocycles. The molecular formula is C11H15N3O4S. The predicted octanol–water partition coefficient (Wildman–Crippen LogP) is 1.27. The van der Waals surface area contributed by atoms with Crippen molar-refractivity contribution in [1.82, 2.24) is 4.72 Å². The van der Waals surface area contributed by atoms with Gasteiger partial charge in [0.25, 0.3) is 5.90 Å². The fourth-order valence-electron chi connectivity index (χ4n) is 1.75. The highest BCUT2D eigenvalue weighted by Crippen LogP contribution is 2.26. The van der Waals surface area contributed by atoms with Gasteiger partial charge in [0.1, 0.15) is 0 Å². The Morgan fingerprint density at radius 2 is 2.21 bits per heavy atom. The van der Waals surface area contributed by atoms with E-state index in [1.807, 2.05) is 13.8 Å². The number of methoxy groups -OCH3 is 1. The maximum absolute atomic E-state index is 11.4. The van der Waals surface area contributed by atoms with Crippen molar-refractivity contribution in [1.29, 1.82) is 0 Å². The van der Waals surface area contributed by atoms with Crippen molar-refractivity contribution in [2.24, 2.45) is 15.3 Å². The molecule has 104 valence electrons. The van der Waals surface area contributed by atoms with Gasteiger partial charge in [-0.3, -0.25) is 4.99 Å². The summed E-state index contributed by atoms with van der Waals surface area (Å²) in [6.07, 6.45) is 3.14. The first-order valence-corrected chi connectivity index (χ1v) is 7.14. The van der Waals surface area contributed by atoms with E-state index in [9.17, 15) is 8.42 Å². The lowest BCUT2D eigenvalue weighted by Crippen LogP contribution is -2.28. The van der Waals surface area contributed by atoms with Crippen molar-refractivity contribution < 1.29 is 17.6 Å². The maximum atomic E-state index is 11.4. The van der Waals surface area contributed by atoms with E-state index in [-0.39, 0.29) is 23.7 Å². The second kappa shape index (κ2) is 5.04. The smallest absolute Gasteiger partial charge is 0.347 e. The monoisotopic (exact) mass is 285 g/mol. The molecular weight excluding hydrogens is 270 g/mol. The van der Waals surface area contributed by atoms with Gasteiger partial charge in [0.2, 0.25) is 5.84 Å². The van der Waals surface area contributed by atoms with Crippen LogP contribution in [0.1, 0.15) is 25.5 Å². The van der Waals surface area contributed by atoms with Crippen molar-refractivity contribution in [3.8, 4) is 0 Å². The molecule has 19 heavy (non-hydrogen) atoms. The van der Waals surface area contributed by atoms with Gasteiger partial charge >= 0.3 is 10.2 Å². The van der Waals surface area contributed by atoms with Crippen LogP contribution in [-0.4, -0.2) is 27.3 Å². The third-order valence-electron chi connectivity index (χ3n) is 2.61. The van der Waals surface area contributed by atoms with E-state index in [4.69, 9.17) is 9.15 Å². The average Bonchev–Trinajstić information content (AvgIpc) is 2.92. The largest absolute Gasteiger partial charge is 0.478 e.